The van der Waals surface area contributed by atoms with E-state index in [1.54, 1.807) is 0 Å². The van der Waals surface area contributed by atoms with Crippen molar-refractivity contribution >= 4 is 5.91 Å². The maximum absolute atomic E-state index is 13.4. The summed E-state index contributed by atoms with van der Waals surface area (Å²) in [5.74, 6) is -13.2. The average Bonchev–Trinajstić information content (AvgIpc) is 3.05. The van der Waals surface area contributed by atoms with Gasteiger partial charge in [-0.15, -0.1) is 0 Å². The third-order valence-electron chi connectivity index (χ3n) is 2.81. The second-order valence-corrected chi connectivity index (χ2v) is 4.43. The van der Waals surface area contributed by atoms with Crippen LogP contribution in [0.4, 0.5) is 22.0 Å². The van der Waals surface area contributed by atoms with Crippen LogP contribution in [-0.4, -0.2) is 24.2 Å². The molecule has 0 aliphatic heterocycles. The molecule has 1 aromatic heterocycles. The summed E-state index contributed by atoms with van der Waals surface area (Å²) in [7, 11) is 0. The summed E-state index contributed by atoms with van der Waals surface area (Å²) in [5.41, 5.74) is 0. The van der Waals surface area contributed by atoms with Gasteiger partial charge in [0.1, 0.15) is 12.4 Å². The van der Waals surface area contributed by atoms with E-state index in [2.05, 4.69) is 10.1 Å². The number of furan rings is 1. The van der Waals surface area contributed by atoms with E-state index in [1.165, 1.54) is 12.1 Å². The quantitative estimate of drug-likeness (QED) is 0.476. The molecule has 10 heteroatoms. The second kappa shape index (κ2) is 7.30. The summed E-state index contributed by atoms with van der Waals surface area (Å²) in [4.78, 5) is 11.5. The maximum Gasteiger partial charge on any atom is 0.287 e. The molecule has 0 aliphatic carbocycles. The Bertz CT molecular complexity index is 733. The molecule has 24 heavy (non-hydrogen) atoms. The fourth-order valence-corrected chi connectivity index (χ4v) is 1.69. The first-order chi connectivity index (χ1) is 11.4. The number of amides is 1. The van der Waals surface area contributed by atoms with Crippen LogP contribution in [0.25, 0.3) is 0 Å². The number of hydrogen-bond donors (Lipinski definition) is 2. The molecule has 5 nitrogen and oxygen atoms in total. The van der Waals surface area contributed by atoms with Crippen LogP contribution in [0, 0.1) is 29.1 Å². The first-order valence-electron chi connectivity index (χ1n) is 6.48. The van der Waals surface area contributed by atoms with Crippen LogP contribution >= 0.6 is 0 Å². The molecule has 0 radical (unpaired) electrons. The lowest BCUT2D eigenvalue weighted by Crippen LogP contribution is -2.25. The van der Waals surface area contributed by atoms with Crippen molar-refractivity contribution in [2.45, 2.75) is 6.61 Å². The van der Waals surface area contributed by atoms with E-state index in [-0.39, 0.29) is 24.7 Å². The highest BCUT2D eigenvalue weighted by molar-refractivity contribution is 5.91. The number of carbonyl (C=O) groups excluding carboxylic acids is 1. The summed E-state index contributed by atoms with van der Waals surface area (Å²) in [6.45, 7) is -0.982. The van der Waals surface area contributed by atoms with E-state index < -0.39 is 47.3 Å². The summed E-state index contributed by atoms with van der Waals surface area (Å²) < 4.78 is 75.3. The number of benzene rings is 1. The van der Waals surface area contributed by atoms with Crippen LogP contribution in [0.2, 0.25) is 0 Å². The highest BCUT2D eigenvalue weighted by Gasteiger charge is 2.27. The minimum absolute atomic E-state index is 0.0179. The van der Waals surface area contributed by atoms with Gasteiger partial charge in [0.2, 0.25) is 29.1 Å². The zero-order valence-corrected chi connectivity index (χ0v) is 11.8. The maximum atomic E-state index is 13.4. The van der Waals surface area contributed by atoms with E-state index in [0.29, 0.717) is 0 Å². The lowest BCUT2D eigenvalue weighted by molar-refractivity contribution is 0.0912. The highest BCUT2D eigenvalue weighted by atomic mass is 19.2. The van der Waals surface area contributed by atoms with Crippen molar-refractivity contribution in [3.8, 4) is 5.75 Å². The zero-order chi connectivity index (χ0) is 17.9. The number of hydrogen-bond acceptors (Lipinski definition) is 4. The number of rotatable bonds is 6. The van der Waals surface area contributed by atoms with Gasteiger partial charge in [0.15, 0.2) is 11.5 Å². The third-order valence-corrected chi connectivity index (χ3v) is 2.81. The SMILES string of the molecule is O=C(NCCO)c1ccc(COc2c(F)c(F)c(F)c(F)c2F)o1. The summed E-state index contributed by atoms with van der Waals surface area (Å²) >= 11 is 0. The van der Waals surface area contributed by atoms with Crippen molar-refractivity contribution < 1.29 is 41.0 Å². The van der Waals surface area contributed by atoms with E-state index in [0.717, 1.165) is 0 Å². The van der Waals surface area contributed by atoms with Crippen molar-refractivity contribution in [2.24, 2.45) is 0 Å². The minimum atomic E-state index is -2.29. The molecule has 0 bridgehead atoms. The Labute approximate surface area is 131 Å². The molecule has 2 rings (SSSR count). The highest BCUT2D eigenvalue weighted by Crippen LogP contribution is 2.29. The van der Waals surface area contributed by atoms with Gasteiger partial charge in [-0.3, -0.25) is 4.79 Å². The number of ether oxygens (including phenoxy) is 1. The smallest absolute Gasteiger partial charge is 0.287 e. The standard InChI is InChI=1S/C14H10F5NO4/c15-8-9(16)11(18)13(12(19)10(8)17)23-5-6-1-2-7(24-6)14(22)20-3-4-21/h1-2,21H,3-5H2,(H,20,22). The van der Waals surface area contributed by atoms with Gasteiger partial charge in [-0.05, 0) is 12.1 Å². The molecular formula is C14H10F5NO4. The Morgan fingerprint density at radius 3 is 2.21 bits per heavy atom. The van der Waals surface area contributed by atoms with Crippen LogP contribution in [0.1, 0.15) is 16.3 Å². The molecule has 130 valence electrons. The predicted octanol–water partition coefficient (Wildman–Crippen LogP) is 2.28. The van der Waals surface area contributed by atoms with E-state index in [9.17, 15) is 26.7 Å². The monoisotopic (exact) mass is 351 g/mol. The van der Waals surface area contributed by atoms with Gasteiger partial charge in [-0.2, -0.15) is 8.78 Å². The molecule has 2 aromatic rings. The van der Waals surface area contributed by atoms with Crippen LogP contribution in [0.5, 0.6) is 5.75 Å². The van der Waals surface area contributed by atoms with Gasteiger partial charge in [-0.25, -0.2) is 13.2 Å². The molecule has 1 amide bonds. The van der Waals surface area contributed by atoms with Crippen LogP contribution in [-0.2, 0) is 6.61 Å². The van der Waals surface area contributed by atoms with Gasteiger partial charge in [0.25, 0.3) is 5.91 Å². The molecule has 0 aliphatic rings. The lowest BCUT2D eigenvalue weighted by atomic mass is 10.2. The Morgan fingerprint density at radius 2 is 1.62 bits per heavy atom. The zero-order valence-electron chi connectivity index (χ0n) is 11.8. The Kier molecular flexibility index (Phi) is 5.39. The molecule has 0 saturated heterocycles. The molecule has 0 spiro atoms. The van der Waals surface area contributed by atoms with Crippen LogP contribution < -0.4 is 10.1 Å². The molecule has 0 fully saturated rings. The van der Waals surface area contributed by atoms with Crippen molar-refractivity contribution in [3.05, 3.63) is 52.7 Å². The number of nitrogens with one attached hydrogen (secondary N) is 1. The number of aliphatic hydroxyl groups excluding tert-OH is 1. The van der Waals surface area contributed by atoms with Crippen LogP contribution in [0.15, 0.2) is 16.5 Å². The lowest BCUT2D eigenvalue weighted by Gasteiger charge is -2.09. The van der Waals surface area contributed by atoms with Crippen molar-refractivity contribution in [1.82, 2.24) is 5.32 Å². The Hall–Kier alpha value is -2.62. The fourth-order valence-electron chi connectivity index (χ4n) is 1.69. The van der Waals surface area contributed by atoms with Gasteiger partial charge in [0.05, 0.1) is 6.61 Å². The summed E-state index contributed by atoms with van der Waals surface area (Å²) in [6, 6.07) is 2.43. The molecular weight excluding hydrogens is 341 g/mol. The van der Waals surface area contributed by atoms with E-state index in [4.69, 9.17) is 9.52 Å². The largest absolute Gasteiger partial charge is 0.479 e. The van der Waals surface area contributed by atoms with Crippen molar-refractivity contribution in [1.29, 1.82) is 0 Å². The summed E-state index contributed by atoms with van der Waals surface area (Å²) in [6.07, 6.45) is 0. The second-order valence-electron chi connectivity index (χ2n) is 4.43. The minimum Gasteiger partial charge on any atom is -0.479 e. The topological polar surface area (TPSA) is 71.7 Å². The Morgan fingerprint density at radius 1 is 1.04 bits per heavy atom. The Balaban J connectivity index is 2.12. The predicted molar refractivity (Wildman–Crippen MR) is 68.7 cm³/mol. The number of aliphatic hydroxyl groups is 1. The van der Waals surface area contributed by atoms with Gasteiger partial charge in [-0.1, -0.05) is 0 Å². The van der Waals surface area contributed by atoms with Gasteiger partial charge in [0, 0.05) is 6.54 Å². The van der Waals surface area contributed by atoms with Crippen LogP contribution in [0.3, 0.4) is 0 Å². The fraction of sp³-hybridized carbons (Fsp3) is 0.214. The molecule has 0 unspecified atom stereocenters. The molecule has 2 N–H and O–H groups in total. The first-order valence-corrected chi connectivity index (χ1v) is 6.48. The average molecular weight is 351 g/mol. The van der Waals surface area contributed by atoms with E-state index in [1.807, 2.05) is 0 Å². The van der Waals surface area contributed by atoms with Gasteiger partial charge >= 0.3 is 0 Å². The summed E-state index contributed by atoms with van der Waals surface area (Å²) in [5, 5.41) is 10.9. The van der Waals surface area contributed by atoms with Gasteiger partial charge < -0.3 is 19.6 Å². The third kappa shape index (κ3) is 3.48. The molecule has 1 aromatic carbocycles. The number of halogens is 5. The van der Waals surface area contributed by atoms with Crippen molar-refractivity contribution in [2.75, 3.05) is 13.2 Å². The molecule has 0 atom stereocenters. The molecule has 0 saturated carbocycles. The first kappa shape index (κ1) is 17.7. The van der Waals surface area contributed by atoms with Crippen molar-refractivity contribution in [3.63, 3.8) is 0 Å². The molecule has 1 heterocycles. The normalized spacial score (nSPS) is 10.8. The number of carbonyl (C=O) groups is 1. The van der Waals surface area contributed by atoms with E-state index >= 15 is 0 Å².